The molecule has 0 aromatic heterocycles. The van der Waals surface area contributed by atoms with Gasteiger partial charge in [0.15, 0.2) is 5.72 Å². The third kappa shape index (κ3) is 4.05. The lowest BCUT2D eigenvalue weighted by molar-refractivity contribution is -0.0685. The van der Waals surface area contributed by atoms with Gasteiger partial charge in [-0.25, -0.2) is 0 Å². The highest BCUT2D eigenvalue weighted by Gasteiger charge is 2.58. The van der Waals surface area contributed by atoms with E-state index >= 15 is 0 Å². The molecule has 7 rings (SSSR count). The van der Waals surface area contributed by atoms with Crippen molar-refractivity contribution in [1.82, 2.24) is 0 Å². The van der Waals surface area contributed by atoms with Crippen LogP contribution in [-0.4, -0.2) is 25.4 Å². The van der Waals surface area contributed by atoms with E-state index in [9.17, 15) is 0 Å². The van der Waals surface area contributed by atoms with Crippen LogP contribution in [0.15, 0.2) is 121 Å². The molecule has 3 aliphatic rings. The highest BCUT2D eigenvalue weighted by molar-refractivity contribution is 5.95. The maximum Gasteiger partial charge on any atom is 0.169 e. The van der Waals surface area contributed by atoms with Crippen molar-refractivity contribution in [2.75, 3.05) is 29.5 Å². The van der Waals surface area contributed by atoms with Gasteiger partial charge in [-0.1, -0.05) is 119 Å². The SMILES string of the molecule is CCN1/C(=C/C=C/C=C/C=C/C23OCCCN2c2ccc4ccccc4c2C3(C)C)C(C)(C)c2c1ccc1ccccc21. The first-order valence-corrected chi connectivity index (χ1v) is 15.8. The van der Waals surface area contributed by atoms with Crippen LogP contribution in [-0.2, 0) is 15.6 Å². The van der Waals surface area contributed by atoms with E-state index in [4.69, 9.17) is 4.74 Å². The third-order valence-corrected chi connectivity index (χ3v) is 10.1. The Morgan fingerprint density at radius 1 is 0.721 bits per heavy atom. The van der Waals surface area contributed by atoms with Crippen LogP contribution in [0, 0.1) is 0 Å². The minimum absolute atomic E-state index is 0.0751. The van der Waals surface area contributed by atoms with Crippen molar-refractivity contribution in [2.24, 2.45) is 0 Å². The van der Waals surface area contributed by atoms with Gasteiger partial charge in [0.05, 0.1) is 6.61 Å². The van der Waals surface area contributed by atoms with Gasteiger partial charge in [0.2, 0.25) is 0 Å². The lowest BCUT2D eigenvalue weighted by Crippen LogP contribution is -2.59. The van der Waals surface area contributed by atoms with Gasteiger partial charge in [0.1, 0.15) is 0 Å². The molecule has 1 unspecified atom stereocenters. The number of rotatable bonds is 5. The molecule has 4 aromatic carbocycles. The molecule has 0 bridgehead atoms. The highest BCUT2D eigenvalue weighted by Crippen LogP contribution is 2.56. The van der Waals surface area contributed by atoms with E-state index < -0.39 is 5.72 Å². The topological polar surface area (TPSA) is 15.7 Å². The Bertz CT molecular complexity index is 1840. The zero-order chi connectivity index (χ0) is 29.8. The number of benzene rings is 4. The van der Waals surface area contributed by atoms with Crippen molar-refractivity contribution in [3.63, 3.8) is 0 Å². The van der Waals surface area contributed by atoms with Crippen LogP contribution in [0.3, 0.4) is 0 Å². The average molecular weight is 567 g/mol. The number of hydrogen-bond donors (Lipinski definition) is 0. The fourth-order valence-corrected chi connectivity index (χ4v) is 8.08. The summed E-state index contributed by atoms with van der Waals surface area (Å²) in [5, 5.41) is 5.27. The van der Waals surface area contributed by atoms with Crippen LogP contribution in [0.1, 0.15) is 52.2 Å². The molecular formula is C40H42N2O. The second kappa shape index (κ2) is 10.3. The Balaban J connectivity index is 1.15. The summed E-state index contributed by atoms with van der Waals surface area (Å²) < 4.78 is 6.71. The fraction of sp³-hybridized carbons (Fsp3) is 0.300. The Morgan fingerprint density at radius 3 is 2.07 bits per heavy atom. The average Bonchev–Trinajstić information content (AvgIpc) is 3.37. The van der Waals surface area contributed by atoms with Gasteiger partial charge in [-0.3, -0.25) is 0 Å². The van der Waals surface area contributed by atoms with Crippen molar-refractivity contribution < 1.29 is 4.74 Å². The number of fused-ring (bicyclic) bond motifs is 8. The highest BCUT2D eigenvalue weighted by atomic mass is 16.5. The summed E-state index contributed by atoms with van der Waals surface area (Å²) >= 11 is 0. The third-order valence-electron chi connectivity index (χ3n) is 10.1. The molecule has 0 radical (unpaired) electrons. The summed E-state index contributed by atoms with van der Waals surface area (Å²) in [6.45, 7) is 14.3. The Morgan fingerprint density at radius 2 is 1.35 bits per heavy atom. The second-order valence-corrected chi connectivity index (χ2v) is 13.1. The fourth-order valence-electron chi connectivity index (χ4n) is 8.08. The van der Waals surface area contributed by atoms with Crippen LogP contribution in [0.2, 0.25) is 0 Å². The second-order valence-electron chi connectivity index (χ2n) is 13.1. The molecule has 0 spiro atoms. The largest absolute Gasteiger partial charge is 0.351 e. The van der Waals surface area contributed by atoms with Gasteiger partial charge in [0, 0.05) is 41.0 Å². The molecular weight excluding hydrogens is 524 g/mol. The van der Waals surface area contributed by atoms with Gasteiger partial charge >= 0.3 is 0 Å². The smallest absolute Gasteiger partial charge is 0.169 e. The molecule has 3 heterocycles. The molecule has 0 saturated carbocycles. The van der Waals surface area contributed by atoms with Crippen LogP contribution >= 0.6 is 0 Å². The summed E-state index contributed by atoms with van der Waals surface area (Å²) in [4.78, 5) is 4.96. The van der Waals surface area contributed by atoms with E-state index in [0.717, 1.165) is 26.1 Å². The molecule has 4 aromatic rings. The van der Waals surface area contributed by atoms with Gasteiger partial charge in [-0.05, 0) is 70.3 Å². The van der Waals surface area contributed by atoms with Crippen molar-refractivity contribution in [3.05, 3.63) is 132 Å². The van der Waals surface area contributed by atoms with E-state index in [0.29, 0.717) is 0 Å². The summed E-state index contributed by atoms with van der Waals surface area (Å²) in [6, 6.07) is 26.6. The molecule has 218 valence electrons. The van der Waals surface area contributed by atoms with Crippen LogP contribution < -0.4 is 9.80 Å². The molecule has 3 aliphatic heterocycles. The first-order chi connectivity index (χ1) is 20.8. The monoisotopic (exact) mass is 566 g/mol. The number of hydrogen-bond acceptors (Lipinski definition) is 3. The van der Waals surface area contributed by atoms with Crippen molar-refractivity contribution in [1.29, 1.82) is 0 Å². The van der Waals surface area contributed by atoms with E-state index in [-0.39, 0.29) is 10.8 Å². The van der Waals surface area contributed by atoms with Gasteiger partial charge in [-0.2, -0.15) is 0 Å². The van der Waals surface area contributed by atoms with Crippen molar-refractivity contribution in [2.45, 2.75) is 57.6 Å². The molecule has 1 saturated heterocycles. The quantitative estimate of drug-likeness (QED) is 0.224. The molecule has 1 fully saturated rings. The summed E-state index contributed by atoms with van der Waals surface area (Å²) in [7, 11) is 0. The zero-order valence-electron chi connectivity index (χ0n) is 26.1. The molecule has 0 amide bonds. The molecule has 1 atom stereocenters. The predicted octanol–water partition coefficient (Wildman–Crippen LogP) is 9.58. The molecule has 43 heavy (non-hydrogen) atoms. The number of ether oxygens (including phenoxy) is 1. The molecule has 3 heteroatoms. The summed E-state index contributed by atoms with van der Waals surface area (Å²) in [5.74, 6) is 0. The van der Waals surface area contributed by atoms with Crippen LogP contribution in [0.4, 0.5) is 11.4 Å². The van der Waals surface area contributed by atoms with E-state index in [2.05, 4.69) is 160 Å². The van der Waals surface area contributed by atoms with E-state index in [1.807, 2.05) is 0 Å². The van der Waals surface area contributed by atoms with Gasteiger partial charge in [-0.15, -0.1) is 0 Å². The zero-order valence-corrected chi connectivity index (χ0v) is 26.1. The number of anilines is 2. The van der Waals surface area contributed by atoms with Crippen molar-refractivity contribution in [3.8, 4) is 0 Å². The number of likely N-dealkylation sites (N-methyl/N-ethyl adjacent to an activating group) is 1. The number of nitrogens with zero attached hydrogens (tertiary/aromatic N) is 2. The summed E-state index contributed by atoms with van der Waals surface area (Å²) in [5.41, 5.74) is 6.00. The van der Waals surface area contributed by atoms with Crippen LogP contribution in [0.25, 0.3) is 21.5 Å². The minimum atomic E-state index is -0.502. The summed E-state index contributed by atoms with van der Waals surface area (Å²) in [6.07, 6.45) is 16.4. The van der Waals surface area contributed by atoms with Gasteiger partial charge in [0.25, 0.3) is 0 Å². The van der Waals surface area contributed by atoms with Crippen molar-refractivity contribution >= 4 is 32.9 Å². The Kier molecular flexibility index (Phi) is 6.63. The maximum absolute atomic E-state index is 6.71. The molecule has 0 N–H and O–H groups in total. The van der Waals surface area contributed by atoms with E-state index in [1.165, 1.54) is 49.7 Å². The van der Waals surface area contributed by atoms with E-state index in [1.54, 1.807) is 0 Å². The molecule has 0 aliphatic carbocycles. The first kappa shape index (κ1) is 27.7. The lowest BCUT2D eigenvalue weighted by atomic mass is 9.75. The minimum Gasteiger partial charge on any atom is -0.351 e. The Labute approximate surface area is 256 Å². The van der Waals surface area contributed by atoms with Crippen LogP contribution in [0.5, 0.6) is 0 Å². The maximum atomic E-state index is 6.71. The standard InChI is InChI=1S/C40H42N2O/c1-6-41-33-24-22-29-17-11-13-19-31(29)36(33)38(2,3)35(41)21-10-8-7-9-15-26-40-39(4,5)37-32-20-14-12-18-30(32)23-25-34(37)42(40)27-16-28-43-40/h7-15,17-26H,6,16,27-28H2,1-5H3/b9-7+,10-8+,26-15+,35-21+. The lowest BCUT2D eigenvalue weighted by Gasteiger charge is -2.48. The Hall–Kier alpha value is -4.08. The normalized spacial score (nSPS) is 23.3. The van der Waals surface area contributed by atoms with Gasteiger partial charge < -0.3 is 14.5 Å². The number of allylic oxidation sites excluding steroid dienone is 7. The first-order valence-electron chi connectivity index (χ1n) is 15.8. The predicted molar refractivity (Wildman–Crippen MR) is 183 cm³/mol. The molecule has 3 nitrogen and oxygen atoms in total.